The van der Waals surface area contributed by atoms with E-state index in [0.717, 1.165) is 11.1 Å². The number of benzene rings is 3. The fraction of sp³-hybridized carbons (Fsp3) is 0.240. The van der Waals surface area contributed by atoms with Crippen LogP contribution in [0.25, 0.3) is 0 Å². The smallest absolute Gasteiger partial charge is 0.320 e. The Kier molecular flexibility index (Phi) is 7.98. The predicted octanol–water partition coefficient (Wildman–Crippen LogP) is 4.97. The fourth-order valence-corrected chi connectivity index (χ4v) is 3.12. The number of esters is 1. The number of ether oxygens (including phenoxy) is 2. The van der Waals surface area contributed by atoms with E-state index in [9.17, 15) is 9.18 Å². The van der Waals surface area contributed by atoms with E-state index in [0.29, 0.717) is 31.0 Å². The summed E-state index contributed by atoms with van der Waals surface area (Å²) in [6.45, 7) is 3.81. The van der Waals surface area contributed by atoms with Crippen molar-refractivity contribution in [3.8, 4) is 5.75 Å². The van der Waals surface area contributed by atoms with Gasteiger partial charge in [-0.25, -0.2) is 4.39 Å². The zero-order chi connectivity index (χ0) is 21.2. The molecule has 156 valence electrons. The largest absolute Gasteiger partial charge is 0.489 e. The van der Waals surface area contributed by atoms with Crippen molar-refractivity contribution < 1.29 is 18.7 Å². The molecule has 0 heterocycles. The van der Waals surface area contributed by atoms with E-state index in [2.05, 4.69) is 0 Å². The van der Waals surface area contributed by atoms with Gasteiger partial charge in [-0.3, -0.25) is 9.69 Å². The summed E-state index contributed by atoms with van der Waals surface area (Å²) in [7, 11) is 0. The van der Waals surface area contributed by atoms with Crippen LogP contribution in [0.3, 0.4) is 0 Å². The van der Waals surface area contributed by atoms with Gasteiger partial charge in [0.25, 0.3) is 0 Å². The monoisotopic (exact) mass is 407 g/mol. The lowest BCUT2D eigenvalue weighted by Gasteiger charge is -2.21. The summed E-state index contributed by atoms with van der Waals surface area (Å²) in [6.07, 6.45) is 0. The summed E-state index contributed by atoms with van der Waals surface area (Å²) in [4.78, 5) is 14.1. The van der Waals surface area contributed by atoms with Gasteiger partial charge in [0, 0.05) is 18.7 Å². The number of nitrogens with zero attached hydrogens (tertiary/aromatic N) is 1. The van der Waals surface area contributed by atoms with Crippen LogP contribution in [0.5, 0.6) is 5.75 Å². The Bertz CT molecular complexity index is 929. The van der Waals surface area contributed by atoms with Gasteiger partial charge in [-0.05, 0) is 36.2 Å². The van der Waals surface area contributed by atoms with Crippen LogP contribution in [0.15, 0.2) is 78.9 Å². The summed E-state index contributed by atoms with van der Waals surface area (Å²) in [5, 5.41) is 0. The van der Waals surface area contributed by atoms with Crippen LogP contribution in [0.1, 0.15) is 23.6 Å². The highest BCUT2D eigenvalue weighted by Gasteiger charge is 2.13. The Labute approximate surface area is 176 Å². The first-order valence-electron chi connectivity index (χ1n) is 10.0. The van der Waals surface area contributed by atoms with Crippen molar-refractivity contribution in [2.24, 2.45) is 0 Å². The topological polar surface area (TPSA) is 38.8 Å². The lowest BCUT2D eigenvalue weighted by atomic mass is 10.1. The second-order valence-electron chi connectivity index (χ2n) is 6.96. The normalized spacial score (nSPS) is 10.8. The van der Waals surface area contributed by atoms with Gasteiger partial charge < -0.3 is 9.47 Å². The highest BCUT2D eigenvalue weighted by molar-refractivity contribution is 5.71. The Morgan fingerprint density at radius 1 is 0.867 bits per heavy atom. The summed E-state index contributed by atoms with van der Waals surface area (Å²) >= 11 is 0. The third-order valence-corrected chi connectivity index (χ3v) is 4.59. The van der Waals surface area contributed by atoms with E-state index in [-0.39, 0.29) is 24.9 Å². The van der Waals surface area contributed by atoms with Crippen LogP contribution in [-0.4, -0.2) is 24.0 Å². The summed E-state index contributed by atoms with van der Waals surface area (Å²) in [5.41, 5.74) is 2.70. The zero-order valence-electron chi connectivity index (χ0n) is 17.1. The average Bonchev–Trinajstić information content (AvgIpc) is 2.75. The predicted molar refractivity (Wildman–Crippen MR) is 114 cm³/mol. The number of hydrogen-bond donors (Lipinski definition) is 0. The lowest BCUT2D eigenvalue weighted by Crippen LogP contribution is -2.30. The van der Waals surface area contributed by atoms with Gasteiger partial charge in [0.2, 0.25) is 0 Å². The zero-order valence-corrected chi connectivity index (χ0v) is 17.1. The molecule has 3 rings (SSSR count). The van der Waals surface area contributed by atoms with Gasteiger partial charge in [0.1, 0.15) is 18.2 Å². The second kappa shape index (κ2) is 11.1. The molecule has 0 aliphatic carbocycles. The van der Waals surface area contributed by atoms with Crippen molar-refractivity contribution in [2.45, 2.75) is 26.6 Å². The van der Waals surface area contributed by atoms with Crippen LogP contribution in [-0.2, 0) is 29.2 Å². The minimum absolute atomic E-state index is 0.176. The number of rotatable bonds is 10. The van der Waals surface area contributed by atoms with E-state index >= 15 is 0 Å². The molecule has 0 atom stereocenters. The molecule has 0 radical (unpaired) electrons. The number of halogens is 1. The molecule has 3 aromatic rings. The van der Waals surface area contributed by atoms with Crippen LogP contribution in [0.2, 0.25) is 0 Å². The molecule has 0 aliphatic rings. The summed E-state index contributed by atoms with van der Waals surface area (Å²) < 4.78 is 24.5. The standard InChI is InChI=1S/C25H26FNO3/c1-2-29-25(28)18-27(16-20-8-4-3-5-9-20)17-21-12-14-23(15-13-21)30-19-22-10-6-7-11-24(22)26/h3-15H,2,16-19H2,1H3. The van der Waals surface area contributed by atoms with Crippen molar-refractivity contribution in [1.82, 2.24) is 4.90 Å². The highest BCUT2D eigenvalue weighted by Crippen LogP contribution is 2.17. The van der Waals surface area contributed by atoms with Gasteiger partial charge in [0.15, 0.2) is 0 Å². The molecule has 0 amide bonds. The van der Waals surface area contributed by atoms with Crippen molar-refractivity contribution in [3.63, 3.8) is 0 Å². The Hall–Kier alpha value is -3.18. The van der Waals surface area contributed by atoms with Gasteiger partial charge in [0.05, 0.1) is 13.2 Å². The third-order valence-electron chi connectivity index (χ3n) is 4.59. The SMILES string of the molecule is CCOC(=O)CN(Cc1ccccc1)Cc1ccc(OCc2ccccc2F)cc1. The summed E-state index contributed by atoms with van der Waals surface area (Å²) in [5.74, 6) is 0.157. The number of carbonyl (C=O) groups is 1. The molecule has 0 spiro atoms. The third kappa shape index (κ3) is 6.71. The molecule has 0 fully saturated rings. The molecule has 0 N–H and O–H groups in total. The van der Waals surface area contributed by atoms with Crippen molar-refractivity contribution in [2.75, 3.05) is 13.2 Å². The maximum Gasteiger partial charge on any atom is 0.320 e. The van der Waals surface area contributed by atoms with E-state index in [4.69, 9.17) is 9.47 Å². The first-order valence-corrected chi connectivity index (χ1v) is 10.0. The number of hydrogen-bond acceptors (Lipinski definition) is 4. The Morgan fingerprint density at radius 3 is 2.17 bits per heavy atom. The second-order valence-corrected chi connectivity index (χ2v) is 6.96. The minimum atomic E-state index is -0.273. The van der Waals surface area contributed by atoms with E-state index < -0.39 is 0 Å². The maximum absolute atomic E-state index is 13.7. The Balaban J connectivity index is 1.62. The van der Waals surface area contributed by atoms with E-state index in [1.165, 1.54) is 6.07 Å². The molecule has 0 unspecified atom stereocenters. The van der Waals surface area contributed by atoms with Crippen molar-refractivity contribution in [3.05, 3.63) is 101 Å². The molecule has 5 heteroatoms. The number of carbonyl (C=O) groups excluding carboxylic acids is 1. The molecular formula is C25H26FNO3. The van der Waals surface area contributed by atoms with Crippen LogP contribution in [0, 0.1) is 5.82 Å². The van der Waals surface area contributed by atoms with Gasteiger partial charge >= 0.3 is 5.97 Å². The molecule has 0 aliphatic heterocycles. The average molecular weight is 407 g/mol. The van der Waals surface area contributed by atoms with Crippen LogP contribution in [0.4, 0.5) is 4.39 Å². The highest BCUT2D eigenvalue weighted by atomic mass is 19.1. The molecule has 0 aromatic heterocycles. The molecular weight excluding hydrogens is 381 g/mol. The van der Waals surface area contributed by atoms with Crippen molar-refractivity contribution >= 4 is 5.97 Å². The Morgan fingerprint density at radius 2 is 1.50 bits per heavy atom. The van der Waals surface area contributed by atoms with Crippen molar-refractivity contribution in [1.29, 1.82) is 0 Å². The minimum Gasteiger partial charge on any atom is -0.489 e. The molecule has 30 heavy (non-hydrogen) atoms. The van der Waals surface area contributed by atoms with Crippen LogP contribution < -0.4 is 4.74 Å². The molecule has 0 bridgehead atoms. The molecule has 0 saturated carbocycles. The lowest BCUT2D eigenvalue weighted by molar-refractivity contribution is -0.144. The first kappa shape index (κ1) is 21.5. The quantitative estimate of drug-likeness (QED) is 0.445. The van der Waals surface area contributed by atoms with E-state index in [1.54, 1.807) is 25.1 Å². The van der Waals surface area contributed by atoms with Gasteiger partial charge in [-0.1, -0.05) is 60.7 Å². The molecule has 4 nitrogen and oxygen atoms in total. The van der Waals surface area contributed by atoms with Gasteiger partial charge in [-0.2, -0.15) is 0 Å². The van der Waals surface area contributed by atoms with Crippen LogP contribution >= 0.6 is 0 Å². The fourth-order valence-electron chi connectivity index (χ4n) is 3.12. The summed E-state index contributed by atoms with van der Waals surface area (Å²) in [6, 6.07) is 24.2. The first-order chi connectivity index (χ1) is 14.6. The molecule has 0 saturated heterocycles. The maximum atomic E-state index is 13.7. The molecule has 3 aromatic carbocycles. The van der Waals surface area contributed by atoms with E-state index in [1.807, 2.05) is 59.5 Å². The van der Waals surface area contributed by atoms with Gasteiger partial charge in [-0.15, -0.1) is 0 Å².